The minimum atomic E-state index is -0.0421. The number of ether oxygens (including phenoxy) is 1. The van der Waals surface area contributed by atoms with Gasteiger partial charge in [-0.25, -0.2) is 0 Å². The number of piperidine rings is 1. The van der Waals surface area contributed by atoms with Crippen LogP contribution in [0.4, 0.5) is 11.4 Å². The Labute approximate surface area is 165 Å². The molecule has 27 heavy (non-hydrogen) atoms. The lowest BCUT2D eigenvalue weighted by Crippen LogP contribution is -2.34. The monoisotopic (exact) mass is 374 g/mol. The highest BCUT2D eigenvalue weighted by Crippen LogP contribution is 2.27. The average Bonchev–Trinajstić information content (AvgIpc) is 2.69. The van der Waals surface area contributed by atoms with Crippen LogP contribution in [-0.4, -0.2) is 38.8 Å². The van der Waals surface area contributed by atoms with Gasteiger partial charge in [-0.1, -0.05) is 26.7 Å². The van der Waals surface area contributed by atoms with Crippen LogP contribution in [0.15, 0.2) is 24.3 Å². The Morgan fingerprint density at radius 2 is 1.63 bits per heavy atom. The molecular weight excluding hydrogens is 336 g/mol. The van der Waals surface area contributed by atoms with Crippen LogP contribution in [0.5, 0.6) is 0 Å². The lowest BCUT2D eigenvalue weighted by atomic mass is 9.93. The molecule has 1 saturated heterocycles. The molecular formula is C23H38N2O2. The number of rotatable bonds is 11. The van der Waals surface area contributed by atoms with Gasteiger partial charge in [-0.2, -0.15) is 0 Å². The van der Waals surface area contributed by atoms with Crippen LogP contribution in [0.25, 0.3) is 0 Å². The maximum Gasteiger partial charge on any atom is 0.306 e. The summed E-state index contributed by atoms with van der Waals surface area (Å²) in [5.74, 6) is 0.428. The van der Waals surface area contributed by atoms with Crippen LogP contribution in [0.1, 0.15) is 65.7 Å². The summed E-state index contributed by atoms with van der Waals surface area (Å²) in [7, 11) is 0. The highest BCUT2D eigenvalue weighted by atomic mass is 16.5. The third-order valence-electron chi connectivity index (χ3n) is 5.52. The van der Waals surface area contributed by atoms with Crippen molar-refractivity contribution in [2.75, 3.05) is 42.6 Å². The van der Waals surface area contributed by atoms with Gasteiger partial charge in [0.05, 0.1) is 6.61 Å². The van der Waals surface area contributed by atoms with E-state index in [1.54, 1.807) is 0 Å². The summed E-state index contributed by atoms with van der Waals surface area (Å²) < 4.78 is 5.09. The average molecular weight is 375 g/mol. The van der Waals surface area contributed by atoms with E-state index in [1.807, 2.05) is 6.92 Å². The van der Waals surface area contributed by atoms with E-state index in [4.69, 9.17) is 4.74 Å². The molecule has 0 radical (unpaired) electrons. The van der Waals surface area contributed by atoms with E-state index >= 15 is 0 Å². The SMILES string of the molecule is CCCCN(CCCC)c1ccc(N2CCC(CC(=O)OCC)CC2)cc1. The fourth-order valence-corrected chi connectivity index (χ4v) is 3.79. The first kappa shape index (κ1) is 21.6. The van der Waals surface area contributed by atoms with E-state index in [0.29, 0.717) is 18.9 Å². The fraction of sp³-hybridized carbons (Fsp3) is 0.696. The second-order valence-electron chi connectivity index (χ2n) is 7.65. The van der Waals surface area contributed by atoms with E-state index in [2.05, 4.69) is 47.9 Å². The quantitative estimate of drug-likeness (QED) is 0.494. The Bertz CT molecular complexity index is 528. The van der Waals surface area contributed by atoms with E-state index < -0.39 is 0 Å². The van der Waals surface area contributed by atoms with Crippen molar-refractivity contribution in [3.63, 3.8) is 0 Å². The highest BCUT2D eigenvalue weighted by molar-refractivity contribution is 5.69. The molecule has 2 rings (SSSR count). The van der Waals surface area contributed by atoms with Gasteiger partial charge in [0.1, 0.15) is 0 Å². The molecule has 0 amide bonds. The van der Waals surface area contributed by atoms with Gasteiger partial charge in [0.2, 0.25) is 0 Å². The number of nitrogens with zero attached hydrogens (tertiary/aromatic N) is 2. The second-order valence-corrected chi connectivity index (χ2v) is 7.65. The predicted octanol–water partition coefficient (Wildman–Crippen LogP) is 5.26. The van der Waals surface area contributed by atoms with Gasteiger partial charge in [-0.3, -0.25) is 4.79 Å². The number of unbranched alkanes of at least 4 members (excludes halogenated alkanes) is 2. The van der Waals surface area contributed by atoms with Crippen LogP contribution in [0.3, 0.4) is 0 Å². The molecule has 0 atom stereocenters. The molecule has 152 valence electrons. The van der Waals surface area contributed by atoms with E-state index in [0.717, 1.165) is 39.0 Å². The number of carbonyl (C=O) groups excluding carboxylic acids is 1. The number of hydrogen-bond donors (Lipinski definition) is 0. The molecule has 1 fully saturated rings. The van der Waals surface area contributed by atoms with Crippen molar-refractivity contribution in [3.05, 3.63) is 24.3 Å². The summed E-state index contributed by atoms with van der Waals surface area (Å²) in [6.45, 7) is 11.2. The molecule has 4 nitrogen and oxygen atoms in total. The van der Waals surface area contributed by atoms with Gasteiger partial charge < -0.3 is 14.5 Å². The van der Waals surface area contributed by atoms with Crippen LogP contribution in [0.2, 0.25) is 0 Å². The standard InChI is InChI=1S/C23H38N2O2/c1-4-7-15-24(16-8-5-2)21-9-11-22(12-10-21)25-17-13-20(14-18-25)19-23(26)27-6-3/h9-12,20H,4-8,13-19H2,1-3H3. The first-order valence-corrected chi connectivity index (χ1v) is 10.9. The summed E-state index contributed by atoms with van der Waals surface area (Å²) >= 11 is 0. The summed E-state index contributed by atoms with van der Waals surface area (Å²) in [5, 5.41) is 0. The molecule has 0 aromatic heterocycles. The van der Waals surface area contributed by atoms with E-state index in [-0.39, 0.29) is 5.97 Å². The smallest absolute Gasteiger partial charge is 0.306 e. The van der Waals surface area contributed by atoms with E-state index in [9.17, 15) is 4.79 Å². The molecule has 0 aliphatic carbocycles. The van der Waals surface area contributed by atoms with Gasteiger partial charge >= 0.3 is 5.97 Å². The van der Waals surface area contributed by atoms with Gasteiger partial charge in [0.25, 0.3) is 0 Å². The van der Waals surface area contributed by atoms with Crippen LogP contribution in [-0.2, 0) is 9.53 Å². The Morgan fingerprint density at radius 3 is 2.15 bits per heavy atom. The first-order valence-electron chi connectivity index (χ1n) is 10.9. The number of carbonyl (C=O) groups is 1. The molecule has 0 saturated carbocycles. The molecule has 0 N–H and O–H groups in total. The zero-order chi connectivity index (χ0) is 19.5. The highest BCUT2D eigenvalue weighted by Gasteiger charge is 2.22. The van der Waals surface area contributed by atoms with Gasteiger partial charge in [0.15, 0.2) is 0 Å². The molecule has 0 unspecified atom stereocenters. The summed E-state index contributed by atoms with van der Waals surface area (Å²) in [6.07, 6.45) is 7.69. The Balaban J connectivity index is 1.88. The van der Waals surface area contributed by atoms with Crippen molar-refractivity contribution in [2.24, 2.45) is 5.92 Å². The molecule has 1 heterocycles. The molecule has 4 heteroatoms. The predicted molar refractivity (Wildman–Crippen MR) is 115 cm³/mol. The topological polar surface area (TPSA) is 32.8 Å². The van der Waals surface area contributed by atoms with Gasteiger partial charge in [-0.05, 0) is 62.8 Å². The van der Waals surface area contributed by atoms with Crippen molar-refractivity contribution in [3.8, 4) is 0 Å². The third-order valence-corrected chi connectivity index (χ3v) is 5.52. The number of esters is 1. The summed E-state index contributed by atoms with van der Waals surface area (Å²) in [4.78, 5) is 16.7. The Hall–Kier alpha value is -1.71. The number of benzene rings is 1. The maximum absolute atomic E-state index is 11.7. The van der Waals surface area contributed by atoms with Crippen molar-refractivity contribution >= 4 is 17.3 Å². The zero-order valence-corrected chi connectivity index (χ0v) is 17.6. The Kier molecular flexibility index (Phi) is 9.51. The summed E-state index contributed by atoms with van der Waals surface area (Å²) in [5.41, 5.74) is 2.65. The Morgan fingerprint density at radius 1 is 1.04 bits per heavy atom. The molecule has 1 aliphatic heterocycles. The van der Waals surface area contributed by atoms with Gasteiger partial charge in [-0.15, -0.1) is 0 Å². The molecule has 1 aliphatic rings. The molecule has 0 bridgehead atoms. The molecule has 1 aromatic carbocycles. The van der Waals surface area contributed by atoms with Crippen molar-refractivity contribution in [1.82, 2.24) is 0 Å². The van der Waals surface area contributed by atoms with E-state index in [1.165, 1.54) is 37.1 Å². The van der Waals surface area contributed by atoms with Gasteiger partial charge in [0, 0.05) is 44.0 Å². The van der Waals surface area contributed by atoms with Crippen molar-refractivity contribution < 1.29 is 9.53 Å². The molecule has 1 aromatic rings. The van der Waals surface area contributed by atoms with Crippen LogP contribution >= 0.6 is 0 Å². The van der Waals surface area contributed by atoms with Crippen LogP contribution < -0.4 is 9.80 Å². The minimum absolute atomic E-state index is 0.0421. The molecule has 0 spiro atoms. The second kappa shape index (κ2) is 11.9. The lowest BCUT2D eigenvalue weighted by Gasteiger charge is -2.33. The third kappa shape index (κ3) is 7.08. The van der Waals surface area contributed by atoms with Crippen molar-refractivity contribution in [2.45, 2.75) is 65.7 Å². The first-order chi connectivity index (χ1) is 13.2. The minimum Gasteiger partial charge on any atom is -0.466 e. The normalized spacial score (nSPS) is 15.0. The fourth-order valence-electron chi connectivity index (χ4n) is 3.79. The zero-order valence-electron chi connectivity index (χ0n) is 17.6. The number of anilines is 2. The number of hydrogen-bond acceptors (Lipinski definition) is 4. The van der Waals surface area contributed by atoms with Crippen LogP contribution in [0, 0.1) is 5.92 Å². The summed E-state index contributed by atoms with van der Waals surface area (Å²) in [6, 6.07) is 9.11. The largest absolute Gasteiger partial charge is 0.466 e. The van der Waals surface area contributed by atoms with Crippen molar-refractivity contribution in [1.29, 1.82) is 0 Å². The maximum atomic E-state index is 11.7. The lowest BCUT2D eigenvalue weighted by molar-refractivity contribution is -0.144.